The third-order valence-electron chi connectivity index (χ3n) is 6.53. The monoisotopic (exact) mass is 397 g/mol. The zero-order chi connectivity index (χ0) is 20.5. The minimum Gasteiger partial charge on any atom is -0.343 e. The number of hydrogen-bond donors (Lipinski definition) is 3. The van der Waals surface area contributed by atoms with Crippen LogP contribution in [0.3, 0.4) is 0 Å². The Balaban J connectivity index is 1.62. The maximum absolute atomic E-state index is 13.5. The van der Waals surface area contributed by atoms with E-state index in [1.54, 1.807) is 14.0 Å². The van der Waals surface area contributed by atoms with Gasteiger partial charge in [0.15, 0.2) is 0 Å². The normalized spacial score (nSPS) is 26.1. The van der Waals surface area contributed by atoms with Gasteiger partial charge in [-0.05, 0) is 58.2 Å². The number of likely N-dealkylation sites (N-methyl/N-ethyl adjacent to an activating group) is 1. The van der Waals surface area contributed by atoms with Crippen LogP contribution in [0.4, 0.5) is 0 Å². The number of benzene rings is 1. The van der Waals surface area contributed by atoms with E-state index in [-0.39, 0.29) is 29.9 Å². The third kappa shape index (κ3) is 3.75. The molecular formula is C22H31N5O2. The number of para-hydroxylation sites is 1. The van der Waals surface area contributed by atoms with Crippen molar-refractivity contribution in [2.75, 3.05) is 7.05 Å². The lowest BCUT2D eigenvalue weighted by atomic mass is 9.98. The minimum atomic E-state index is -0.465. The number of imidazole rings is 1. The maximum atomic E-state index is 13.5. The minimum absolute atomic E-state index is 0.0334. The van der Waals surface area contributed by atoms with Crippen LogP contribution >= 0.6 is 0 Å². The molecule has 0 aliphatic carbocycles. The van der Waals surface area contributed by atoms with Gasteiger partial charge in [-0.3, -0.25) is 9.59 Å². The van der Waals surface area contributed by atoms with Gasteiger partial charge in [0, 0.05) is 6.04 Å². The molecule has 0 bridgehead atoms. The van der Waals surface area contributed by atoms with Crippen LogP contribution in [0.5, 0.6) is 0 Å². The molecule has 2 aliphatic heterocycles. The highest BCUT2D eigenvalue weighted by atomic mass is 16.2. The highest BCUT2D eigenvalue weighted by Gasteiger charge is 2.42. The molecule has 2 aliphatic rings. The fourth-order valence-electron chi connectivity index (χ4n) is 4.71. The van der Waals surface area contributed by atoms with Crippen molar-refractivity contribution in [1.82, 2.24) is 25.5 Å². The zero-order valence-corrected chi connectivity index (χ0v) is 17.5. The van der Waals surface area contributed by atoms with Crippen molar-refractivity contribution in [3.8, 4) is 0 Å². The Kier molecular flexibility index (Phi) is 5.58. The second-order valence-electron chi connectivity index (χ2n) is 8.44. The standard InChI is InChI=1S/C22H31N5O2/c1-13-7-6-10-16-19(13)26-20(24-16)18-12-11-15-8-4-5-9-17(22(29)27(15)18)25-21(28)14(2)23-3/h6-7,10,14-15,17-18,23H,4-5,8-9,11-12H2,1-3H3,(H,24,26)(H,25,28)/t14-,15-,17-,18-/m0/s1. The van der Waals surface area contributed by atoms with Crippen molar-refractivity contribution in [2.24, 2.45) is 0 Å². The van der Waals surface area contributed by atoms with Crippen LogP contribution < -0.4 is 10.6 Å². The summed E-state index contributed by atoms with van der Waals surface area (Å²) in [6, 6.07) is 5.49. The van der Waals surface area contributed by atoms with Crippen molar-refractivity contribution in [1.29, 1.82) is 0 Å². The molecule has 7 nitrogen and oxygen atoms in total. The SMILES string of the molecule is CN[C@@H](C)C(=O)N[C@H]1CCCC[C@H]2CC[C@@H](c3nc4c(C)cccc4[nH]3)N2C1=O. The molecule has 0 saturated carbocycles. The number of nitrogens with one attached hydrogen (secondary N) is 3. The van der Waals surface area contributed by atoms with Gasteiger partial charge in [-0.1, -0.05) is 25.0 Å². The first kappa shape index (κ1) is 19.9. The van der Waals surface area contributed by atoms with E-state index in [0.29, 0.717) is 6.42 Å². The zero-order valence-electron chi connectivity index (χ0n) is 17.5. The van der Waals surface area contributed by atoms with E-state index < -0.39 is 6.04 Å². The topological polar surface area (TPSA) is 90.1 Å². The molecule has 0 unspecified atom stereocenters. The van der Waals surface area contributed by atoms with Gasteiger partial charge in [-0.2, -0.15) is 0 Å². The Hall–Kier alpha value is -2.41. The summed E-state index contributed by atoms with van der Waals surface area (Å²) in [6.07, 6.45) is 5.64. The number of carbonyl (C=O) groups is 2. The van der Waals surface area contributed by atoms with Crippen molar-refractivity contribution in [3.63, 3.8) is 0 Å². The highest BCUT2D eigenvalue weighted by molar-refractivity contribution is 5.90. The van der Waals surface area contributed by atoms with Crippen LogP contribution in [-0.4, -0.2) is 51.9 Å². The number of aromatic amines is 1. The smallest absolute Gasteiger partial charge is 0.246 e. The van der Waals surface area contributed by atoms with E-state index in [1.807, 2.05) is 17.0 Å². The molecule has 0 spiro atoms. The Bertz CT molecular complexity index is 908. The molecule has 156 valence electrons. The van der Waals surface area contributed by atoms with E-state index >= 15 is 0 Å². The Labute approximate surface area is 171 Å². The van der Waals surface area contributed by atoms with Crippen LogP contribution in [0.15, 0.2) is 18.2 Å². The molecule has 2 aromatic rings. The summed E-state index contributed by atoms with van der Waals surface area (Å²) in [6.45, 7) is 3.86. The molecule has 0 radical (unpaired) electrons. The molecule has 7 heteroatoms. The summed E-state index contributed by atoms with van der Waals surface area (Å²) < 4.78 is 0. The van der Waals surface area contributed by atoms with Crippen molar-refractivity contribution < 1.29 is 9.59 Å². The summed E-state index contributed by atoms with van der Waals surface area (Å²) in [4.78, 5) is 36.3. The first-order valence-electron chi connectivity index (χ1n) is 10.7. The van der Waals surface area contributed by atoms with Crippen molar-refractivity contribution in [2.45, 2.75) is 76.5 Å². The number of aromatic nitrogens is 2. The van der Waals surface area contributed by atoms with Gasteiger partial charge in [0.1, 0.15) is 11.9 Å². The molecule has 29 heavy (non-hydrogen) atoms. The highest BCUT2D eigenvalue weighted by Crippen LogP contribution is 2.39. The van der Waals surface area contributed by atoms with Crippen LogP contribution in [-0.2, 0) is 9.59 Å². The molecule has 2 fully saturated rings. The van der Waals surface area contributed by atoms with E-state index in [0.717, 1.165) is 54.5 Å². The van der Waals surface area contributed by atoms with Gasteiger partial charge in [0.05, 0.1) is 23.1 Å². The summed E-state index contributed by atoms with van der Waals surface area (Å²) in [7, 11) is 1.75. The predicted octanol–water partition coefficient (Wildman–Crippen LogP) is 2.57. The first-order valence-corrected chi connectivity index (χ1v) is 10.7. The number of rotatable bonds is 4. The summed E-state index contributed by atoms with van der Waals surface area (Å²) in [5.41, 5.74) is 3.11. The van der Waals surface area contributed by atoms with Gasteiger partial charge < -0.3 is 20.5 Å². The second kappa shape index (κ2) is 8.14. The molecule has 3 heterocycles. The Morgan fingerprint density at radius 3 is 2.79 bits per heavy atom. The molecule has 1 aromatic carbocycles. The summed E-state index contributed by atoms with van der Waals surface area (Å²) >= 11 is 0. The van der Waals surface area contributed by atoms with Gasteiger partial charge in [-0.15, -0.1) is 0 Å². The average molecular weight is 398 g/mol. The number of amides is 2. The van der Waals surface area contributed by atoms with Gasteiger partial charge in [-0.25, -0.2) is 4.98 Å². The van der Waals surface area contributed by atoms with Gasteiger partial charge in [0.25, 0.3) is 0 Å². The van der Waals surface area contributed by atoms with E-state index in [2.05, 4.69) is 28.6 Å². The van der Waals surface area contributed by atoms with Gasteiger partial charge >= 0.3 is 0 Å². The van der Waals surface area contributed by atoms with Crippen LogP contribution in [0, 0.1) is 6.92 Å². The van der Waals surface area contributed by atoms with Crippen LogP contribution in [0.2, 0.25) is 0 Å². The molecule has 3 N–H and O–H groups in total. The van der Waals surface area contributed by atoms with Crippen LogP contribution in [0.1, 0.15) is 62.9 Å². The maximum Gasteiger partial charge on any atom is 0.246 e. The quantitative estimate of drug-likeness (QED) is 0.740. The lowest BCUT2D eigenvalue weighted by molar-refractivity contribution is -0.140. The average Bonchev–Trinajstić information content (AvgIpc) is 3.32. The third-order valence-corrected chi connectivity index (χ3v) is 6.53. The number of nitrogens with zero attached hydrogens (tertiary/aromatic N) is 2. The van der Waals surface area contributed by atoms with Crippen molar-refractivity contribution >= 4 is 22.8 Å². The fraction of sp³-hybridized carbons (Fsp3) is 0.591. The second-order valence-corrected chi connectivity index (χ2v) is 8.44. The van der Waals surface area contributed by atoms with E-state index in [4.69, 9.17) is 4.98 Å². The fourth-order valence-corrected chi connectivity index (χ4v) is 4.71. The molecule has 4 atom stereocenters. The molecule has 2 saturated heterocycles. The lowest BCUT2D eigenvalue weighted by Gasteiger charge is -2.35. The number of hydrogen-bond acceptors (Lipinski definition) is 4. The van der Waals surface area contributed by atoms with Crippen LogP contribution in [0.25, 0.3) is 11.0 Å². The van der Waals surface area contributed by atoms with E-state index in [1.165, 1.54) is 0 Å². The molecular weight excluding hydrogens is 366 g/mol. The summed E-state index contributed by atoms with van der Waals surface area (Å²) in [5, 5.41) is 5.93. The number of fused-ring (bicyclic) bond motifs is 2. The molecule has 2 amide bonds. The molecule has 4 rings (SSSR count). The van der Waals surface area contributed by atoms with E-state index in [9.17, 15) is 9.59 Å². The predicted molar refractivity (Wildman–Crippen MR) is 112 cm³/mol. The largest absolute Gasteiger partial charge is 0.343 e. The Morgan fingerprint density at radius 1 is 1.24 bits per heavy atom. The molecule has 1 aromatic heterocycles. The first-order chi connectivity index (χ1) is 14.0. The summed E-state index contributed by atoms with van der Waals surface area (Å²) in [5.74, 6) is 0.767. The number of carbonyl (C=O) groups excluding carboxylic acids is 2. The number of aryl methyl sites for hydroxylation is 1. The number of H-pyrrole nitrogens is 1. The lowest BCUT2D eigenvalue weighted by Crippen LogP contribution is -2.54. The van der Waals surface area contributed by atoms with Crippen molar-refractivity contribution in [3.05, 3.63) is 29.6 Å². The Morgan fingerprint density at radius 2 is 2.03 bits per heavy atom. The van der Waals surface area contributed by atoms with Gasteiger partial charge in [0.2, 0.25) is 11.8 Å².